The van der Waals surface area contributed by atoms with Gasteiger partial charge in [0.2, 0.25) is 5.91 Å². The van der Waals surface area contributed by atoms with Gasteiger partial charge in [-0.15, -0.1) is 0 Å². The topological polar surface area (TPSA) is 72.7 Å². The summed E-state index contributed by atoms with van der Waals surface area (Å²) in [6, 6.07) is 27.4. The van der Waals surface area contributed by atoms with Crippen LogP contribution in [0.2, 0.25) is 5.02 Å². The quantitative estimate of drug-likeness (QED) is 0.162. The molecular weight excluding hydrogens is 514 g/mol. The van der Waals surface area contributed by atoms with E-state index < -0.39 is 0 Å². The van der Waals surface area contributed by atoms with Crippen LogP contribution in [0.5, 0.6) is 0 Å². The summed E-state index contributed by atoms with van der Waals surface area (Å²) >= 11 is 7.76. The van der Waals surface area contributed by atoms with E-state index in [0.29, 0.717) is 30.2 Å². The average molecular weight is 542 g/mol. The monoisotopic (exact) mass is 541 g/mol. The Balaban J connectivity index is 1.56. The minimum Gasteiger partial charge on any atom is -0.351 e. The molecule has 1 atom stereocenters. The molecule has 0 aliphatic rings. The van der Waals surface area contributed by atoms with Gasteiger partial charge in [0.15, 0.2) is 11.5 Å². The summed E-state index contributed by atoms with van der Waals surface area (Å²) in [6.07, 6.45) is 1.35. The van der Waals surface area contributed by atoms with E-state index in [2.05, 4.69) is 12.2 Å². The van der Waals surface area contributed by atoms with Crippen molar-refractivity contribution in [2.24, 2.45) is 0 Å². The number of para-hydroxylation sites is 1. The number of hydrogen-bond donors (Lipinski definition) is 1. The molecule has 38 heavy (non-hydrogen) atoms. The van der Waals surface area contributed by atoms with Crippen LogP contribution in [0, 0.1) is 0 Å². The summed E-state index contributed by atoms with van der Waals surface area (Å²) in [5.41, 5.74) is 4.35. The molecule has 8 heteroatoms. The highest BCUT2D eigenvalue weighted by Gasteiger charge is 2.25. The molecule has 1 N–H and O–H groups in total. The maximum atomic E-state index is 13.3. The number of benzene rings is 3. The average Bonchev–Trinajstić information content (AvgIpc) is 3.35. The van der Waals surface area contributed by atoms with E-state index in [0.717, 1.165) is 38.6 Å². The third-order valence-corrected chi connectivity index (χ3v) is 7.98. The lowest BCUT2D eigenvalue weighted by Crippen LogP contribution is -2.32. The summed E-state index contributed by atoms with van der Waals surface area (Å²) in [7, 11) is 0. The van der Waals surface area contributed by atoms with Crippen molar-refractivity contribution < 1.29 is 4.79 Å². The zero-order valence-electron chi connectivity index (χ0n) is 21.3. The van der Waals surface area contributed by atoms with Crippen LogP contribution >= 0.6 is 23.4 Å². The van der Waals surface area contributed by atoms with Crippen LogP contribution in [-0.4, -0.2) is 30.9 Å². The van der Waals surface area contributed by atoms with Crippen molar-refractivity contribution in [3.05, 3.63) is 101 Å². The maximum absolute atomic E-state index is 13.3. The number of thioether (sulfide) groups is 1. The van der Waals surface area contributed by atoms with Gasteiger partial charge in [0.25, 0.3) is 0 Å². The Hall–Kier alpha value is -3.68. The molecule has 0 aliphatic heterocycles. The standard InChI is InChI=1S/C30H28ClN5OS/c1-3-24-26-28(36(35-24)22-16-9-6-10-17-22)33-27(20-13-7-5-8-14-20)34-30(26)38-25(4-2)29(37)32-19-21-15-11-12-18-23(21)31/h5-18,25H,3-4,19H2,1-2H3,(H,32,37)/t25-/m1/s1. The van der Waals surface area contributed by atoms with Gasteiger partial charge in [0.1, 0.15) is 5.03 Å². The van der Waals surface area contributed by atoms with Crippen LogP contribution in [0.4, 0.5) is 0 Å². The number of nitrogens with zero attached hydrogens (tertiary/aromatic N) is 4. The van der Waals surface area contributed by atoms with Crippen molar-refractivity contribution in [2.45, 2.75) is 43.5 Å². The third-order valence-electron chi connectivity index (χ3n) is 6.26. The van der Waals surface area contributed by atoms with E-state index in [1.54, 1.807) is 0 Å². The van der Waals surface area contributed by atoms with Crippen LogP contribution in [0.25, 0.3) is 28.1 Å². The van der Waals surface area contributed by atoms with Gasteiger partial charge in [-0.05, 0) is 36.6 Å². The molecule has 1 amide bonds. The molecule has 0 radical (unpaired) electrons. The van der Waals surface area contributed by atoms with Crippen molar-refractivity contribution in [3.63, 3.8) is 0 Å². The lowest BCUT2D eigenvalue weighted by atomic mass is 10.2. The fourth-order valence-electron chi connectivity index (χ4n) is 4.25. The number of carbonyl (C=O) groups is 1. The van der Waals surface area contributed by atoms with E-state index >= 15 is 0 Å². The SMILES string of the molecule is CCc1nn(-c2ccccc2)c2nc(-c3ccccc3)nc(S[C@H](CC)C(=O)NCc3ccccc3Cl)c12. The van der Waals surface area contributed by atoms with Crippen LogP contribution in [0.3, 0.4) is 0 Å². The second-order valence-corrected chi connectivity index (χ2v) is 10.4. The maximum Gasteiger partial charge on any atom is 0.233 e. The fourth-order valence-corrected chi connectivity index (χ4v) is 5.54. The predicted molar refractivity (Wildman–Crippen MR) is 155 cm³/mol. The van der Waals surface area contributed by atoms with E-state index in [4.69, 9.17) is 26.7 Å². The van der Waals surface area contributed by atoms with Gasteiger partial charge < -0.3 is 5.32 Å². The molecule has 0 saturated carbocycles. The molecule has 6 nitrogen and oxygen atoms in total. The lowest BCUT2D eigenvalue weighted by Gasteiger charge is -2.16. The van der Waals surface area contributed by atoms with Crippen molar-refractivity contribution in [1.29, 1.82) is 0 Å². The molecule has 0 saturated heterocycles. The van der Waals surface area contributed by atoms with E-state index in [1.807, 2.05) is 96.5 Å². The molecule has 0 unspecified atom stereocenters. The minimum absolute atomic E-state index is 0.0565. The fraction of sp³-hybridized carbons (Fsp3) is 0.200. The molecular formula is C30H28ClN5OS. The highest BCUT2D eigenvalue weighted by Crippen LogP contribution is 2.35. The molecule has 2 aromatic heterocycles. The van der Waals surface area contributed by atoms with Crippen molar-refractivity contribution >= 4 is 40.3 Å². The Bertz CT molecular complexity index is 1560. The number of amides is 1. The highest BCUT2D eigenvalue weighted by atomic mass is 35.5. The lowest BCUT2D eigenvalue weighted by molar-refractivity contribution is -0.120. The molecule has 0 bridgehead atoms. The number of carbonyl (C=O) groups excluding carboxylic acids is 1. The summed E-state index contributed by atoms with van der Waals surface area (Å²) in [5.74, 6) is 0.547. The van der Waals surface area contributed by atoms with Gasteiger partial charge in [-0.1, -0.05) is 104 Å². The molecule has 192 valence electrons. The minimum atomic E-state index is -0.344. The largest absolute Gasteiger partial charge is 0.351 e. The Morgan fingerprint density at radius 2 is 1.63 bits per heavy atom. The number of fused-ring (bicyclic) bond motifs is 1. The smallest absolute Gasteiger partial charge is 0.233 e. The Morgan fingerprint density at radius 3 is 2.32 bits per heavy atom. The Kier molecular flexibility index (Phi) is 8.05. The first-order valence-corrected chi connectivity index (χ1v) is 13.9. The number of nitrogens with one attached hydrogen (secondary N) is 1. The molecule has 5 rings (SSSR count). The zero-order chi connectivity index (χ0) is 26.5. The normalized spacial score (nSPS) is 12.0. The highest BCUT2D eigenvalue weighted by molar-refractivity contribution is 8.00. The molecule has 5 aromatic rings. The van der Waals surface area contributed by atoms with E-state index in [-0.39, 0.29) is 11.2 Å². The van der Waals surface area contributed by atoms with Crippen molar-refractivity contribution in [3.8, 4) is 17.1 Å². The number of aryl methyl sites for hydroxylation is 1. The second kappa shape index (κ2) is 11.8. The first-order chi connectivity index (χ1) is 18.6. The van der Waals surface area contributed by atoms with Crippen molar-refractivity contribution in [2.75, 3.05) is 0 Å². The molecule has 0 spiro atoms. The summed E-state index contributed by atoms with van der Waals surface area (Å²) in [6.45, 7) is 4.46. The first-order valence-electron chi connectivity index (χ1n) is 12.7. The van der Waals surface area contributed by atoms with Crippen LogP contribution in [0.15, 0.2) is 90.0 Å². The Labute approximate surface area is 231 Å². The van der Waals surface area contributed by atoms with E-state index in [9.17, 15) is 4.79 Å². The van der Waals surface area contributed by atoms with Gasteiger partial charge in [-0.25, -0.2) is 14.6 Å². The number of aromatic nitrogens is 4. The number of halogens is 1. The van der Waals surface area contributed by atoms with Gasteiger partial charge in [-0.2, -0.15) is 5.10 Å². The molecule has 0 fully saturated rings. The number of hydrogen-bond acceptors (Lipinski definition) is 5. The van der Waals surface area contributed by atoms with Crippen LogP contribution in [0.1, 0.15) is 31.5 Å². The summed E-state index contributed by atoms with van der Waals surface area (Å²) < 4.78 is 1.88. The zero-order valence-corrected chi connectivity index (χ0v) is 22.8. The molecule has 3 aromatic carbocycles. The van der Waals surface area contributed by atoms with Gasteiger partial charge in [0.05, 0.1) is 22.0 Å². The van der Waals surface area contributed by atoms with Gasteiger partial charge in [-0.3, -0.25) is 4.79 Å². The van der Waals surface area contributed by atoms with E-state index in [1.165, 1.54) is 11.8 Å². The predicted octanol–water partition coefficient (Wildman–Crippen LogP) is 6.89. The van der Waals surface area contributed by atoms with Crippen LogP contribution < -0.4 is 5.32 Å². The summed E-state index contributed by atoms with van der Waals surface area (Å²) in [4.78, 5) is 23.3. The van der Waals surface area contributed by atoms with Gasteiger partial charge >= 0.3 is 0 Å². The van der Waals surface area contributed by atoms with Crippen molar-refractivity contribution in [1.82, 2.24) is 25.1 Å². The Morgan fingerprint density at radius 1 is 0.947 bits per heavy atom. The molecule has 2 heterocycles. The van der Waals surface area contributed by atoms with Gasteiger partial charge in [0, 0.05) is 17.1 Å². The van der Waals surface area contributed by atoms with Crippen LogP contribution in [-0.2, 0) is 17.8 Å². The number of rotatable bonds is 9. The summed E-state index contributed by atoms with van der Waals surface area (Å²) in [5, 5.41) is 9.92. The third kappa shape index (κ3) is 5.44. The molecule has 0 aliphatic carbocycles. The first kappa shape index (κ1) is 25.9. The second-order valence-electron chi connectivity index (χ2n) is 8.79.